The maximum Gasteiger partial charge on any atom is 0.258 e. The third kappa shape index (κ3) is 3.22. The number of amides is 1. The van der Waals surface area contributed by atoms with Crippen LogP contribution in [0.5, 0.6) is 11.5 Å². The number of halogens is 1. The van der Waals surface area contributed by atoms with Crippen molar-refractivity contribution in [2.45, 2.75) is 25.9 Å². The van der Waals surface area contributed by atoms with Gasteiger partial charge in [-0.2, -0.15) is 0 Å². The summed E-state index contributed by atoms with van der Waals surface area (Å²) >= 11 is 3.43. The lowest BCUT2D eigenvalue weighted by atomic mass is 10.1. The average Bonchev–Trinajstić information content (AvgIpc) is 3.00. The lowest BCUT2D eigenvalue weighted by molar-refractivity contribution is 0.0544. The fraction of sp³-hybridized carbons (Fsp3) is 0.562. The number of carbonyl (C=O) groups excluding carboxylic acids is 1. The zero-order valence-electron chi connectivity index (χ0n) is 13.6. The molecule has 0 spiro atoms. The average molecular weight is 371 g/mol. The van der Waals surface area contributed by atoms with Gasteiger partial charge in [0.25, 0.3) is 5.91 Å². The molecule has 1 aromatic carbocycles. The third-order valence-electron chi connectivity index (χ3n) is 4.18. The van der Waals surface area contributed by atoms with Crippen LogP contribution in [-0.2, 0) is 0 Å². The fourth-order valence-electron chi connectivity index (χ4n) is 3.03. The van der Waals surface area contributed by atoms with Crippen LogP contribution >= 0.6 is 15.9 Å². The zero-order chi connectivity index (χ0) is 16.3. The summed E-state index contributed by atoms with van der Waals surface area (Å²) in [7, 11) is 4.97. The van der Waals surface area contributed by atoms with Crippen LogP contribution in [0, 0.1) is 0 Å². The number of carbonyl (C=O) groups is 1. The summed E-state index contributed by atoms with van der Waals surface area (Å²) in [4.78, 5) is 17.1. The standard InChI is InChI=1S/C16H23BrN2O3/c1-5-19-8-6-7-14(19)18(2)16(20)12-9-11(17)10-13(21-3)15(12)22-4/h9-10,14H,5-8H2,1-4H3. The van der Waals surface area contributed by atoms with Gasteiger partial charge < -0.3 is 14.4 Å². The van der Waals surface area contributed by atoms with E-state index in [0.717, 1.165) is 30.4 Å². The normalized spacial score (nSPS) is 18.3. The molecule has 1 unspecified atom stereocenters. The molecule has 0 aromatic heterocycles. The number of nitrogens with zero attached hydrogens (tertiary/aromatic N) is 2. The Morgan fingerprint density at radius 2 is 2.14 bits per heavy atom. The highest BCUT2D eigenvalue weighted by molar-refractivity contribution is 9.10. The maximum absolute atomic E-state index is 12.9. The van der Waals surface area contributed by atoms with Crippen molar-refractivity contribution in [2.24, 2.45) is 0 Å². The summed E-state index contributed by atoms with van der Waals surface area (Å²) in [6.45, 7) is 4.11. The van der Waals surface area contributed by atoms with E-state index < -0.39 is 0 Å². The molecular weight excluding hydrogens is 348 g/mol. The van der Waals surface area contributed by atoms with Gasteiger partial charge in [-0.25, -0.2) is 0 Å². The Kier molecular flexibility index (Phi) is 5.69. The number of methoxy groups -OCH3 is 2. The molecule has 0 N–H and O–H groups in total. The second-order valence-electron chi connectivity index (χ2n) is 5.36. The number of hydrogen-bond acceptors (Lipinski definition) is 4. The summed E-state index contributed by atoms with van der Waals surface area (Å²) in [5.41, 5.74) is 0.513. The molecule has 1 saturated heterocycles. The van der Waals surface area contributed by atoms with Gasteiger partial charge in [-0.3, -0.25) is 9.69 Å². The van der Waals surface area contributed by atoms with Crippen molar-refractivity contribution in [1.29, 1.82) is 0 Å². The SMILES string of the molecule is CCN1CCCC1N(C)C(=O)c1cc(Br)cc(OC)c1OC. The van der Waals surface area contributed by atoms with E-state index in [0.29, 0.717) is 17.1 Å². The van der Waals surface area contributed by atoms with Crippen molar-refractivity contribution < 1.29 is 14.3 Å². The molecule has 6 heteroatoms. The van der Waals surface area contributed by atoms with Crippen molar-refractivity contribution in [3.8, 4) is 11.5 Å². The molecular formula is C16H23BrN2O3. The van der Waals surface area contributed by atoms with Crippen LogP contribution in [0.2, 0.25) is 0 Å². The van der Waals surface area contributed by atoms with Gasteiger partial charge in [-0.05, 0) is 31.5 Å². The molecule has 1 heterocycles. The van der Waals surface area contributed by atoms with Crippen LogP contribution in [0.15, 0.2) is 16.6 Å². The van der Waals surface area contributed by atoms with E-state index in [2.05, 4.69) is 27.8 Å². The summed E-state index contributed by atoms with van der Waals surface area (Å²) in [5, 5.41) is 0. The minimum atomic E-state index is -0.0539. The highest BCUT2D eigenvalue weighted by Crippen LogP contribution is 2.36. The molecule has 1 aliphatic heterocycles. The summed E-state index contributed by atoms with van der Waals surface area (Å²) in [5.74, 6) is 0.970. The van der Waals surface area contributed by atoms with Gasteiger partial charge >= 0.3 is 0 Å². The van der Waals surface area contributed by atoms with Crippen molar-refractivity contribution in [1.82, 2.24) is 9.80 Å². The molecule has 1 aliphatic rings. The van der Waals surface area contributed by atoms with E-state index in [4.69, 9.17) is 9.47 Å². The monoisotopic (exact) mass is 370 g/mol. The van der Waals surface area contributed by atoms with Gasteiger partial charge in [0.1, 0.15) is 0 Å². The molecule has 0 saturated carbocycles. The van der Waals surface area contributed by atoms with E-state index >= 15 is 0 Å². The Bertz CT molecular complexity index is 550. The quantitative estimate of drug-likeness (QED) is 0.798. The fourth-order valence-corrected chi connectivity index (χ4v) is 3.47. The first kappa shape index (κ1) is 17.1. The summed E-state index contributed by atoms with van der Waals surface area (Å²) in [6, 6.07) is 3.58. The van der Waals surface area contributed by atoms with Gasteiger partial charge in [0, 0.05) is 18.1 Å². The molecule has 5 nitrogen and oxygen atoms in total. The van der Waals surface area contributed by atoms with Crippen LogP contribution in [0.3, 0.4) is 0 Å². The Balaban J connectivity index is 2.34. The van der Waals surface area contributed by atoms with Crippen LogP contribution in [0.25, 0.3) is 0 Å². The van der Waals surface area contributed by atoms with Crippen molar-refractivity contribution in [3.63, 3.8) is 0 Å². The molecule has 1 atom stereocenters. The largest absolute Gasteiger partial charge is 0.493 e. The number of hydrogen-bond donors (Lipinski definition) is 0. The first-order valence-electron chi connectivity index (χ1n) is 7.46. The van der Waals surface area contributed by atoms with Crippen LogP contribution < -0.4 is 9.47 Å². The van der Waals surface area contributed by atoms with Crippen molar-refractivity contribution in [2.75, 3.05) is 34.4 Å². The van der Waals surface area contributed by atoms with E-state index in [1.807, 2.05) is 7.05 Å². The molecule has 2 rings (SSSR count). The first-order valence-corrected chi connectivity index (χ1v) is 8.25. The number of benzene rings is 1. The summed E-state index contributed by atoms with van der Waals surface area (Å²) in [6.07, 6.45) is 2.27. The van der Waals surface area contributed by atoms with Gasteiger partial charge in [-0.1, -0.05) is 22.9 Å². The lowest BCUT2D eigenvalue weighted by Gasteiger charge is -2.32. The van der Waals surface area contributed by atoms with E-state index in [-0.39, 0.29) is 12.1 Å². The molecule has 0 radical (unpaired) electrons. The zero-order valence-corrected chi connectivity index (χ0v) is 15.1. The minimum Gasteiger partial charge on any atom is -0.493 e. The molecule has 22 heavy (non-hydrogen) atoms. The third-order valence-corrected chi connectivity index (χ3v) is 4.63. The van der Waals surface area contributed by atoms with Crippen LogP contribution in [0.1, 0.15) is 30.1 Å². The first-order chi connectivity index (χ1) is 10.5. The predicted molar refractivity (Wildman–Crippen MR) is 89.6 cm³/mol. The van der Waals surface area contributed by atoms with Gasteiger partial charge in [0.05, 0.1) is 25.9 Å². The topological polar surface area (TPSA) is 42.0 Å². The van der Waals surface area contributed by atoms with Crippen molar-refractivity contribution in [3.05, 3.63) is 22.2 Å². The van der Waals surface area contributed by atoms with Crippen LogP contribution in [-0.4, -0.2) is 56.2 Å². The number of likely N-dealkylation sites (tertiary alicyclic amines) is 1. The maximum atomic E-state index is 12.9. The minimum absolute atomic E-state index is 0.0539. The van der Waals surface area contributed by atoms with Crippen molar-refractivity contribution >= 4 is 21.8 Å². The number of ether oxygens (including phenoxy) is 2. The lowest BCUT2D eigenvalue weighted by Crippen LogP contribution is -2.45. The highest BCUT2D eigenvalue weighted by Gasteiger charge is 2.31. The molecule has 1 aromatic rings. The second kappa shape index (κ2) is 7.33. The van der Waals surface area contributed by atoms with E-state index in [1.54, 1.807) is 31.3 Å². The molecule has 0 bridgehead atoms. The van der Waals surface area contributed by atoms with Gasteiger partial charge in [0.15, 0.2) is 11.5 Å². The highest BCUT2D eigenvalue weighted by atomic mass is 79.9. The van der Waals surface area contributed by atoms with E-state index in [9.17, 15) is 4.79 Å². The van der Waals surface area contributed by atoms with E-state index in [1.165, 1.54) is 0 Å². The van der Waals surface area contributed by atoms with Crippen LogP contribution in [0.4, 0.5) is 0 Å². The molecule has 122 valence electrons. The molecule has 0 aliphatic carbocycles. The number of rotatable bonds is 5. The summed E-state index contributed by atoms with van der Waals surface area (Å²) < 4.78 is 11.5. The Morgan fingerprint density at radius 3 is 2.73 bits per heavy atom. The van der Waals surface area contributed by atoms with Gasteiger partial charge in [0.2, 0.25) is 0 Å². The Labute approximate surface area is 140 Å². The smallest absolute Gasteiger partial charge is 0.258 e. The Morgan fingerprint density at radius 1 is 1.41 bits per heavy atom. The Hall–Kier alpha value is -1.27. The second-order valence-corrected chi connectivity index (χ2v) is 6.27. The molecule has 1 fully saturated rings. The molecule has 1 amide bonds. The predicted octanol–water partition coefficient (Wildman–Crippen LogP) is 2.98. The van der Waals surface area contributed by atoms with Gasteiger partial charge in [-0.15, -0.1) is 0 Å².